The molecule has 0 bridgehead atoms. The molecule has 0 saturated heterocycles. The SMILES string of the molecule is CCn1nc(C)cc1CC(=O)c1cccnc1. The van der Waals surface area contributed by atoms with Gasteiger partial charge in [-0.3, -0.25) is 14.5 Å². The van der Waals surface area contributed by atoms with Gasteiger partial charge in [0.2, 0.25) is 0 Å². The first-order chi connectivity index (χ1) is 8.20. The van der Waals surface area contributed by atoms with Crippen LogP contribution >= 0.6 is 0 Å². The fourth-order valence-electron chi connectivity index (χ4n) is 1.81. The van der Waals surface area contributed by atoms with E-state index in [9.17, 15) is 4.79 Å². The molecule has 0 aliphatic carbocycles. The van der Waals surface area contributed by atoms with E-state index in [1.165, 1.54) is 0 Å². The third-order valence-corrected chi connectivity index (χ3v) is 2.61. The molecular formula is C13H15N3O. The average Bonchev–Trinajstić information content (AvgIpc) is 2.70. The minimum atomic E-state index is 0.0766. The van der Waals surface area contributed by atoms with Gasteiger partial charge in [-0.15, -0.1) is 0 Å². The Morgan fingerprint density at radius 2 is 2.29 bits per heavy atom. The molecule has 0 radical (unpaired) electrons. The summed E-state index contributed by atoms with van der Waals surface area (Å²) < 4.78 is 1.86. The molecule has 0 unspecified atom stereocenters. The standard InChI is InChI=1S/C13H15N3O/c1-3-16-12(7-10(2)15-16)8-13(17)11-5-4-6-14-9-11/h4-7,9H,3,8H2,1-2H3. The van der Waals surface area contributed by atoms with E-state index in [0.29, 0.717) is 12.0 Å². The van der Waals surface area contributed by atoms with Crippen molar-refractivity contribution in [3.8, 4) is 0 Å². The lowest BCUT2D eigenvalue weighted by Crippen LogP contribution is -2.09. The summed E-state index contributed by atoms with van der Waals surface area (Å²) in [6, 6.07) is 5.52. The predicted molar refractivity (Wildman–Crippen MR) is 64.9 cm³/mol. The van der Waals surface area contributed by atoms with Crippen molar-refractivity contribution in [2.45, 2.75) is 26.8 Å². The number of hydrogen-bond acceptors (Lipinski definition) is 3. The molecule has 0 atom stereocenters. The Balaban J connectivity index is 2.18. The van der Waals surface area contributed by atoms with Gasteiger partial charge in [0.1, 0.15) is 0 Å². The van der Waals surface area contributed by atoms with Crippen LogP contribution in [0.1, 0.15) is 28.7 Å². The van der Waals surface area contributed by atoms with Crippen molar-refractivity contribution in [3.63, 3.8) is 0 Å². The molecule has 17 heavy (non-hydrogen) atoms. The molecule has 2 rings (SSSR count). The van der Waals surface area contributed by atoms with Crippen molar-refractivity contribution in [1.29, 1.82) is 0 Å². The van der Waals surface area contributed by atoms with Gasteiger partial charge in [-0.1, -0.05) is 0 Å². The van der Waals surface area contributed by atoms with Crippen molar-refractivity contribution in [3.05, 3.63) is 47.5 Å². The van der Waals surface area contributed by atoms with E-state index in [1.54, 1.807) is 24.5 Å². The second-order valence-corrected chi connectivity index (χ2v) is 3.93. The molecule has 2 aromatic rings. The number of ketones is 1. The maximum absolute atomic E-state index is 12.0. The summed E-state index contributed by atoms with van der Waals surface area (Å²) >= 11 is 0. The largest absolute Gasteiger partial charge is 0.294 e. The van der Waals surface area contributed by atoms with E-state index >= 15 is 0 Å². The monoisotopic (exact) mass is 229 g/mol. The number of carbonyl (C=O) groups is 1. The lowest BCUT2D eigenvalue weighted by molar-refractivity contribution is 0.0990. The highest BCUT2D eigenvalue weighted by molar-refractivity contribution is 5.96. The quantitative estimate of drug-likeness (QED) is 0.754. The third-order valence-electron chi connectivity index (χ3n) is 2.61. The molecule has 0 aromatic carbocycles. The van der Waals surface area contributed by atoms with Gasteiger partial charge in [-0.25, -0.2) is 0 Å². The Bertz CT molecular complexity index is 517. The zero-order valence-electron chi connectivity index (χ0n) is 10.1. The highest BCUT2D eigenvalue weighted by Crippen LogP contribution is 2.08. The third kappa shape index (κ3) is 2.58. The molecule has 0 amide bonds. The lowest BCUT2D eigenvalue weighted by atomic mass is 10.1. The first-order valence-corrected chi connectivity index (χ1v) is 5.67. The summed E-state index contributed by atoms with van der Waals surface area (Å²) in [5.41, 5.74) is 2.55. The minimum Gasteiger partial charge on any atom is -0.294 e. The van der Waals surface area contributed by atoms with Gasteiger partial charge in [0, 0.05) is 30.2 Å². The van der Waals surface area contributed by atoms with Gasteiger partial charge in [-0.05, 0) is 32.0 Å². The molecule has 2 aromatic heterocycles. The topological polar surface area (TPSA) is 47.8 Å². The Hall–Kier alpha value is -1.97. The van der Waals surface area contributed by atoms with Gasteiger partial charge >= 0.3 is 0 Å². The van der Waals surface area contributed by atoms with Crippen LogP contribution in [-0.2, 0) is 13.0 Å². The fourth-order valence-corrected chi connectivity index (χ4v) is 1.81. The van der Waals surface area contributed by atoms with Crippen molar-refractivity contribution in [1.82, 2.24) is 14.8 Å². The van der Waals surface area contributed by atoms with Gasteiger partial charge in [-0.2, -0.15) is 5.10 Å². The summed E-state index contributed by atoms with van der Waals surface area (Å²) in [6.07, 6.45) is 3.64. The molecule has 88 valence electrons. The van der Waals surface area contributed by atoms with E-state index in [0.717, 1.165) is 17.9 Å². The van der Waals surface area contributed by atoms with Crippen molar-refractivity contribution < 1.29 is 4.79 Å². The number of nitrogens with zero attached hydrogens (tertiary/aromatic N) is 3. The second-order valence-electron chi connectivity index (χ2n) is 3.93. The fraction of sp³-hybridized carbons (Fsp3) is 0.308. The molecular weight excluding hydrogens is 214 g/mol. The molecule has 0 N–H and O–H groups in total. The Kier molecular flexibility index (Phi) is 3.32. The summed E-state index contributed by atoms with van der Waals surface area (Å²) in [5, 5.41) is 4.32. The number of rotatable bonds is 4. The Morgan fingerprint density at radius 3 is 2.94 bits per heavy atom. The maximum atomic E-state index is 12.0. The number of hydrogen-bond donors (Lipinski definition) is 0. The van der Waals surface area contributed by atoms with Gasteiger partial charge < -0.3 is 0 Å². The number of pyridine rings is 1. The summed E-state index contributed by atoms with van der Waals surface area (Å²) in [4.78, 5) is 16.0. The van der Waals surface area contributed by atoms with Crippen molar-refractivity contribution in [2.75, 3.05) is 0 Å². The molecule has 0 aliphatic heterocycles. The van der Waals surface area contributed by atoms with Crippen molar-refractivity contribution >= 4 is 5.78 Å². The Labute approximate surface area is 100 Å². The van der Waals surface area contributed by atoms with Crippen LogP contribution in [0.4, 0.5) is 0 Å². The van der Waals surface area contributed by atoms with Crippen molar-refractivity contribution in [2.24, 2.45) is 0 Å². The van der Waals surface area contributed by atoms with Crippen LogP contribution in [0.3, 0.4) is 0 Å². The maximum Gasteiger partial charge on any atom is 0.170 e. The molecule has 4 nitrogen and oxygen atoms in total. The second kappa shape index (κ2) is 4.91. The lowest BCUT2D eigenvalue weighted by Gasteiger charge is -2.03. The van der Waals surface area contributed by atoms with Crippen LogP contribution in [-0.4, -0.2) is 20.5 Å². The predicted octanol–water partition coefficient (Wildman–Crippen LogP) is 2.03. The van der Waals surface area contributed by atoms with Crippen LogP contribution in [0, 0.1) is 6.92 Å². The smallest absolute Gasteiger partial charge is 0.170 e. The van der Waals surface area contributed by atoms with E-state index < -0.39 is 0 Å². The van der Waals surface area contributed by atoms with E-state index in [2.05, 4.69) is 10.1 Å². The molecule has 0 fully saturated rings. The van der Waals surface area contributed by atoms with Crippen LogP contribution in [0.2, 0.25) is 0 Å². The number of carbonyl (C=O) groups excluding carboxylic acids is 1. The van der Waals surface area contributed by atoms with Gasteiger partial charge in [0.25, 0.3) is 0 Å². The number of Topliss-reactive ketones (excluding diaryl/α,β-unsaturated/α-hetero) is 1. The Morgan fingerprint density at radius 1 is 1.47 bits per heavy atom. The molecule has 2 heterocycles. The first kappa shape index (κ1) is 11.5. The average molecular weight is 229 g/mol. The normalized spacial score (nSPS) is 10.5. The molecule has 0 aliphatic rings. The van der Waals surface area contributed by atoms with Crippen LogP contribution in [0.5, 0.6) is 0 Å². The van der Waals surface area contributed by atoms with Crippen LogP contribution in [0.25, 0.3) is 0 Å². The summed E-state index contributed by atoms with van der Waals surface area (Å²) in [5.74, 6) is 0.0766. The molecule has 4 heteroatoms. The number of aromatic nitrogens is 3. The van der Waals surface area contributed by atoms with Gasteiger partial charge in [0.05, 0.1) is 12.1 Å². The summed E-state index contributed by atoms with van der Waals surface area (Å²) in [6.45, 7) is 4.73. The molecule has 0 saturated carbocycles. The van der Waals surface area contributed by atoms with E-state index in [4.69, 9.17) is 0 Å². The molecule has 0 spiro atoms. The van der Waals surface area contributed by atoms with Crippen LogP contribution < -0.4 is 0 Å². The van der Waals surface area contributed by atoms with Crippen LogP contribution in [0.15, 0.2) is 30.6 Å². The zero-order valence-corrected chi connectivity index (χ0v) is 10.1. The highest BCUT2D eigenvalue weighted by atomic mass is 16.1. The first-order valence-electron chi connectivity index (χ1n) is 5.67. The van der Waals surface area contributed by atoms with E-state index in [1.807, 2.05) is 24.6 Å². The summed E-state index contributed by atoms with van der Waals surface area (Å²) in [7, 11) is 0. The van der Waals surface area contributed by atoms with Gasteiger partial charge in [0.15, 0.2) is 5.78 Å². The number of aryl methyl sites for hydroxylation is 2. The van der Waals surface area contributed by atoms with E-state index in [-0.39, 0.29) is 5.78 Å². The minimum absolute atomic E-state index is 0.0766. The zero-order chi connectivity index (χ0) is 12.3. The highest BCUT2D eigenvalue weighted by Gasteiger charge is 2.11.